The molecule has 0 fully saturated rings. The molecule has 0 aliphatic carbocycles. The van der Waals surface area contributed by atoms with Gasteiger partial charge < -0.3 is 9.97 Å². The van der Waals surface area contributed by atoms with Crippen LogP contribution in [0.15, 0.2) is 109 Å². The quantitative estimate of drug-likeness (QED) is 0.131. The van der Waals surface area contributed by atoms with E-state index in [1.54, 1.807) is 6.20 Å². The Morgan fingerprint density at radius 1 is 0.718 bits per heavy atom. The molecule has 5 aromatic rings. The van der Waals surface area contributed by atoms with Crippen molar-refractivity contribution in [2.45, 2.75) is 39.9 Å². The smallest absolute Gasteiger partial charge is 0.0775 e. The predicted molar refractivity (Wildman–Crippen MR) is 164 cm³/mol. The second kappa shape index (κ2) is 14.3. The molecule has 201 valence electrons. The molecule has 39 heavy (non-hydrogen) atoms. The maximum Gasteiger partial charge on any atom is 0.0775 e. The van der Waals surface area contributed by atoms with Crippen LogP contribution in [0.5, 0.6) is 0 Å². The van der Waals surface area contributed by atoms with E-state index in [1.807, 2.05) is 66.9 Å². The van der Waals surface area contributed by atoms with Crippen molar-refractivity contribution in [2.75, 3.05) is 0 Å². The zero-order valence-electron chi connectivity index (χ0n) is 23.4. The maximum absolute atomic E-state index is 4.74. The van der Waals surface area contributed by atoms with E-state index >= 15 is 0 Å². The van der Waals surface area contributed by atoms with Crippen LogP contribution in [-0.4, -0.2) is 18.0 Å². The van der Waals surface area contributed by atoms with Crippen molar-refractivity contribution in [2.24, 2.45) is 5.92 Å². The molecule has 0 bridgehead atoms. The van der Waals surface area contributed by atoms with Crippen LogP contribution in [0.25, 0.3) is 33.6 Å². The van der Waals surface area contributed by atoms with E-state index in [0.717, 1.165) is 28.9 Å². The van der Waals surface area contributed by atoms with Gasteiger partial charge in [0.05, 0.1) is 8.07 Å². The van der Waals surface area contributed by atoms with Crippen molar-refractivity contribution in [3.8, 4) is 33.6 Å². The molecule has 1 radical (unpaired) electrons. The number of benzene rings is 3. The van der Waals surface area contributed by atoms with Gasteiger partial charge in [-0.25, -0.2) is 0 Å². The molecule has 0 N–H and O–H groups in total. The normalized spacial score (nSPS) is 10.8. The summed E-state index contributed by atoms with van der Waals surface area (Å²) in [5.41, 5.74) is 7.94. The minimum Gasteiger partial charge on any atom is -0.305 e. The van der Waals surface area contributed by atoms with E-state index in [0.29, 0.717) is 5.92 Å². The minimum absolute atomic E-state index is 0. The van der Waals surface area contributed by atoms with Gasteiger partial charge in [0.15, 0.2) is 0 Å². The average molecular weight is 705 g/mol. The van der Waals surface area contributed by atoms with Crippen LogP contribution in [0.4, 0.5) is 0 Å². The van der Waals surface area contributed by atoms with Crippen LogP contribution in [0.2, 0.25) is 19.6 Å². The summed E-state index contributed by atoms with van der Waals surface area (Å²) in [5, 5.41) is 1.50. The molecule has 0 saturated heterocycles. The number of pyridine rings is 2. The van der Waals surface area contributed by atoms with E-state index in [-0.39, 0.29) is 20.1 Å². The molecule has 0 amide bonds. The van der Waals surface area contributed by atoms with Crippen molar-refractivity contribution >= 4 is 13.3 Å². The zero-order valence-corrected chi connectivity index (χ0v) is 26.8. The standard InChI is InChI=1S/C24H28NSi.C11H8N.Ir/c1-18(2)15-21-16-24(20-9-7-6-8-10-20)25-17-23(21)19-11-13-22(14-12-19)26(3,4)5;1-2-6-10(7-3-1)11-8-4-5-9-12-11;/h6-9,11-14,16-18H,15H2,1-5H3;1-6,8-9H;/q2*-1;. The fourth-order valence-corrected chi connectivity index (χ4v) is 5.46. The van der Waals surface area contributed by atoms with Gasteiger partial charge in [0, 0.05) is 38.1 Å². The average Bonchev–Trinajstić information content (AvgIpc) is 2.94. The van der Waals surface area contributed by atoms with Gasteiger partial charge in [-0.1, -0.05) is 81.1 Å². The molecule has 0 unspecified atom stereocenters. The summed E-state index contributed by atoms with van der Waals surface area (Å²) in [5.74, 6) is 0.602. The van der Waals surface area contributed by atoms with Gasteiger partial charge in [0.1, 0.15) is 0 Å². The summed E-state index contributed by atoms with van der Waals surface area (Å²) in [4.78, 5) is 8.96. The molecule has 0 atom stereocenters. The van der Waals surface area contributed by atoms with E-state index < -0.39 is 8.07 Å². The van der Waals surface area contributed by atoms with Crippen molar-refractivity contribution < 1.29 is 20.1 Å². The molecule has 0 spiro atoms. The van der Waals surface area contributed by atoms with E-state index in [4.69, 9.17) is 4.98 Å². The monoisotopic (exact) mass is 705 g/mol. The van der Waals surface area contributed by atoms with Crippen molar-refractivity contribution in [3.63, 3.8) is 0 Å². The largest absolute Gasteiger partial charge is 0.305 e. The Balaban J connectivity index is 0.000000270. The summed E-state index contributed by atoms with van der Waals surface area (Å²) in [6.45, 7) is 11.7. The van der Waals surface area contributed by atoms with Crippen LogP contribution < -0.4 is 5.19 Å². The molecular formula is C35H36IrN2Si-2. The first-order valence-corrected chi connectivity index (χ1v) is 16.8. The third-order valence-corrected chi connectivity index (χ3v) is 8.38. The van der Waals surface area contributed by atoms with E-state index in [1.165, 1.54) is 21.9 Å². The summed E-state index contributed by atoms with van der Waals surface area (Å²) in [7, 11) is -1.27. The van der Waals surface area contributed by atoms with Gasteiger partial charge >= 0.3 is 0 Å². The first-order chi connectivity index (χ1) is 18.3. The van der Waals surface area contributed by atoms with Crippen molar-refractivity contribution in [3.05, 3.63) is 127 Å². The molecular weight excluding hydrogens is 669 g/mol. The predicted octanol–water partition coefficient (Wildman–Crippen LogP) is 8.51. The fourth-order valence-electron chi connectivity index (χ4n) is 4.29. The van der Waals surface area contributed by atoms with Crippen LogP contribution >= 0.6 is 0 Å². The van der Waals surface area contributed by atoms with Crippen molar-refractivity contribution in [1.29, 1.82) is 0 Å². The molecule has 0 aliphatic heterocycles. The number of hydrogen-bond donors (Lipinski definition) is 0. The minimum atomic E-state index is -1.27. The van der Waals surface area contributed by atoms with Gasteiger partial charge in [0.2, 0.25) is 0 Å². The zero-order chi connectivity index (χ0) is 27.0. The van der Waals surface area contributed by atoms with Gasteiger partial charge in [-0.2, -0.15) is 0 Å². The third-order valence-electron chi connectivity index (χ3n) is 6.31. The first-order valence-electron chi connectivity index (χ1n) is 13.3. The summed E-state index contributed by atoms with van der Waals surface area (Å²) < 4.78 is 0. The number of hydrogen-bond acceptors (Lipinski definition) is 2. The molecule has 2 aromatic heterocycles. The fraction of sp³-hybridized carbons (Fsp3) is 0.200. The van der Waals surface area contributed by atoms with Gasteiger partial charge in [-0.15, -0.1) is 71.8 Å². The Hall–Kier alpha value is -3.17. The second-order valence-electron chi connectivity index (χ2n) is 10.9. The second-order valence-corrected chi connectivity index (χ2v) is 16.0. The Morgan fingerprint density at radius 2 is 1.33 bits per heavy atom. The molecule has 2 nitrogen and oxygen atoms in total. The molecule has 2 heterocycles. The molecule has 0 aliphatic rings. The summed E-state index contributed by atoms with van der Waals surface area (Å²) in [6, 6.07) is 39.5. The molecule has 4 heteroatoms. The molecule has 3 aromatic carbocycles. The van der Waals surface area contributed by atoms with Crippen LogP contribution in [0.1, 0.15) is 19.4 Å². The summed E-state index contributed by atoms with van der Waals surface area (Å²) >= 11 is 0. The van der Waals surface area contributed by atoms with E-state index in [9.17, 15) is 0 Å². The number of rotatable bonds is 6. The van der Waals surface area contributed by atoms with Crippen LogP contribution in [0.3, 0.4) is 0 Å². The van der Waals surface area contributed by atoms with Gasteiger partial charge in [0.25, 0.3) is 0 Å². The Kier molecular flexibility index (Phi) is 11.1. The Labute approximate surface area is 249 Å². The van der Waals surface area contributed by atoms with Crippen molar-refractivity contribution in [1.82, 2.24) is 9.97 Å². The first kappa shape index (κ1) is 30.4. The Bertz CT molecular complexity index is 1380. The SMILES string of the molecule is CC(C)Cc1cc(-c2[c-]cccc2)ncc1-c1ccc([Si](C)(C)C)cc1.[Ir].[c-]1ccccc1-c1ccccn1. The van der Waals surface area contributed by atoms with E-state index in [2.05, 4.69) is 87.0 Å². The van der Waals surface area contributed by atoms with Gasteiger partial charge in [-0.05, 0) is 40.9 Å². The van der Waals surface area contributed by atoms with Gasteiger partial charge in [-0.3, -0.25) is 0 Å². The van der Waals surface area contributed by atoms with Crippen LogP contribution in [0, 0.1) is 18.1 Å². The number of nitrogens with zero attached hydrogens (tertiary/aromatic N) is 2. The number of aromatic nitrogens is 2. The topological polar surface area (TPSA) is 25.8 Å². The maximum atomic E-state index is 4.74. The van der Waals surface area contributed by atoms with Crippen LogP contribution in [-0.2, 0) is 26.5 Å². The summed E-state index contributed by atoms with van der Waals surface area (Å²) in [6.07, 6.45) is 4.88. The molecule has 0 saturated carbocycles. The molecule has 5 rings (SSSR count). The Morgan fingerprint density at radius 3 is 1.85 bits per heavy atom. The third kappa shape index (κ3) is 8.66.